The summed E-state index contributed by atoms with van der Waals surface area (Å²) in [6, 6.07) is 4.89. The van der Waals surface area contributed by atoms with Gasteiger partial charge in [0.1, 0.15) is 5.82 Å². The number of nitrogen functional groups attached to an aromatic ring is 1. The molecule has 0 bridgehead atoms. The lowest BCUT2D eigenvalue weighted by molar-refractivity contribution is -0.141. The van der Waals surface area contributed by atoms with Gasteiger partial charge in [-0.05, 0) is 37.0 Å². The highest BCUT2D eigenvalue weighted by Crippen LogP contribution is 2.27. The zero-order valence-electron chi connectivity index (χ0n) is 11.1. The van der Waals surface area contributed by atoms with Crippen molar-refractivity contribution in [2.24, 2.45) is 5.92 Å². The number of ether oxygens (including phenoxy) is 1. The summed E-state index contributed by atoms with van der Waals surface area (Å²) in [4.78, 5) is 13.3. The van der Waals surface area contributed by atoms with Crippen LogP contribution in [0.1, 0.15) is 19.3 Å². The van der Waals surface area contributed by atoms with Gasteiger partial charge in [-0.2, -0.15) is 0 Å². The van der Waals surface area contributed by atoms with Crippen LogP contribution in [0.2, 0.25) is 0 Å². The molecule has 1 fully saturated rings. The summed E-state index contributed by atoms with van der Waals surface area (Å²) in [6.07, 6.45) is 2.31. The normalized spacial score (nSPS) is 16.4. The van der Waals surface area contributed by atoms with Crippen LogP contribution in [0.15, 0.2) is 18.2 Å². The third-order valence-electron chi connectivity index (χ3n) is 3.65. The van der Waals surface area contributed by atoms with Gasteiger partial charge in [-0.15, -0.1) is 0 Å². The van der Waals surface area contributed by atoms with Crippen molar-refractivity contribution in [3.05, 3.63) is 24.0 Å². The molecule has 0 saturated carbocycles. The second kappa shape index (κ2) is 5.91. The molecular formula is C14H19FN2O2. The van der Waals surface area contributed by atoms with Crippen LogP contribution in [0, 0.1) is 11.7 Å². The first-order chi connectivity index (χ1) is 9.10. The number of hydrogen-bond acceptors (Lipinski definition) is 4. The lowest BCUT2D eigenvalue weighted by Gasteiger charge is -2.33. The van der Waals surface area contributed by atoms with Gasteiger partial charge in [-0.3, -0.25) is 4.79 Å². The molecule has 1 aliphatic rings. The minimum Gasteiger partial charge on any atom is -0.469 e. The highest BCUT2D eigenvalue weighted by Gasteiger charge is 2.22. The van der Waals surface area contributed by atoms with Crippen molar-refractivity contribution in [3.63, 3.8) is 0 Å². The Morgan fingerprint density at radius 2 is 2.16 bits per heavy atom. The van der Waals surface area contributed by atoms with E-state index in [1.807, 2.05) is 6.07 Å². The number of rotatable bonds is 3. The Labute approximate surface area is 112 Å². The molecule has 4 nitrogen and oxygen atoms in total. The zero-order chi connectivity index (χ0) is 13.8. The number of nitrogens with two attached hydrogens (primary N) is 1. The van der Waals surface area contributed by atoms with Gasteiger partial charge < -0.3 is 15.4 Å². The van der Waals surface area contributed by atoms with Crippen LogP contribution >= 0.6 is 0 Å². The second-order valence-electron chi connectivity index (χ2n) is 4.92. The van der Waals surface area contributed by atoms with Crippen molar-refractivity contribution >= 4 is 17.3 Å². The molecule has 2 N–H and O–H groups in total. The molecule has 104 valence electrons. The number of anilines is 2. The SMILES string of the molecule is COC(=O)CC1CCN(c2ccc(N)c(F)c2)CC1. The van der Waals surface area contributed by atoms with E-state index in [1.165, 1.54) is 13.2 Å². The van der Waals surface area contributed by atoms with E-state index < -0.39 is 0 Å². The third kappa shape index (κ3) is 3.36. The number of carbonyl (C=O) groups excluding carboxylic acids is 1. The topological polar surface area (TPSA) is 55.6 Å². The van der Waals surface area contributed by atoms with Crippen molar-refractivity contribution < 1.29 is 13.9 Å². The number of piperidine rings is 1. The van der Waals surface area contributed by atoms with E-state index >= 15 is 0 Å². The number of nitrogens with zero attached hydrogens (tertiary/aromatic N) is 1. The van der Waals surface area contributed by atoms with E-state index in [9.17, 15) is 9.18 Å². The van der Waals surface area contributed by atoms with Crippen LogP contribution in [0.4, 0.5) is 15.8 Å². The lowest BCUT2D eigenvalue weighted by atomic mass is 9.93. The molecular weight excluding hydrogens is 247 g/mol. The van der Waals surface area contributed by atoms with Gasteiger partial charge in [0.05, 0.1) is 12.8 Å². The minimum atomic E-state index is -0.380. The van der Waals surface area contributed by atoms with Gasteiger partial charge in [-0.1, -0.05) is 0 Å². The Bertz CT molecular complexity index is 457. The summed E-state index contributed by atoms with van der Waals surface area (Å²) < 4.78 is 18.1. The van der Waals surface area contributed by atoms with Crippen molar-refractivity contribution in [2.75, 3.05) is 30.8 Å². The van der Waals surface area contributed by atoms with Crippen LogP contribution in [-0.2, 0) is 9.53 Å². The van der Waals surface area contributed by atoms with Crippen LogP contribution in [0.3, 0.4) is 0 Å². The summed E-state index contributed by atoms with van der Waals surface area (Å²) in [7, 11) is 1.41. The average Bonchev–Trinajstić information content (AvgIpc) is 2.42. The first-order valence-corrected chi connectivity index (χ1v) is 6.47. The molecule has 0 radical (unpaired) electrons. The summed E-state index contributed by atoms with van der Waals surface area (Å²) in [5, 5.41) is 0. The van der Waals surface area contributed by atoms with Crippen molar-refractivity contribution in [3.8, 4) is 0 Å². The van der Waals surface area contributed by atoms with E-state index in [1.54, 1.807) is 6.07 Å². The Morgan fingerprint density at radius 3 is 2.74 bits per heavy atom. The summed E-state index contributed by atoms with van der Waals surface area (Å²) in [5.74, 6) is -0.173. The number of methoxy groups -OCH3 is 1. The fourth-order valence-corrected chi connectivity index (χ4v) is 2.43. The number of esters is 1. The van der Waals surface area contributed by atoms with Crippen LogP contribution in [-0.4, -0.2) is 26.2 Å². The highest BCUT2D eigenvalue weighted by molar-refractivity contribution is 5.69. The molecule has 0 amide bonds. The van der Waals surface area contributed by atoms with E-state index in [-0.39, 0.29) is 17.5 Å². The van der Waals surface area contributed by atoms with Gasteiger partial charge >= 0.3 is 5.97 Å². The fourth-order valence-electron chi connectivity index (χ4n) is 2.43. The third-order valence-corrected chi connectivity index (χ3v) is 3.65. The highest BCUT2D eigenvalue weighted by atomic mass is 19.1. The molecule has 1 aliphatic heterocycles. The Hall–Kier alpha value is -1.78. The summed E-state index contributed by atoms with van der Waals surface area (Å²) in [6.45, 7) is 1.65. The number of benzene rings is 1. The Kier molecular flexibility index (Phi) is 4.24. The molecule has 1 heterocycles. The van der Waals surface area contributed by atoms with Crippen molar-refractivity contribution in [1.82, 2.24) is 0 Å². The van der Waals surface area contributed by atoms with Gasteiger partial charge in [0.2, 0.25) is 0 Å². The molecule has 0 aromatic heterocycles. The molecule has 5 heteroatoms. The van der Waals surface area contributed by atoms with E-state index in [4.69, 9.17) is 5.73 Å². The summed E-state index contributed by atoms with van der Waals surface area (Å²) >= 11 is 0. The van der Waals surface area contributed by atoms with Gasteiger partial charge in [0, 0.05) is 25.2 Å². The average molecular weight is 266 g/mol. The molecule has 19 heavy (non-hydrogen) atoms. The maximum absolute atomic E-state index is 13.4. The van der Waals surface area contributed by atoms with Crippen LogP contribution in [0.5, 0.6) is 0 Å². The smallest absolute Gasteiger partial charge is 0.305 e. The molecule has 0 atom stereocenters. The first kappa shape index (κ1) is 13.6. The quantitative estimate of drug-likeness (QED) is 0.673. The maximum Gasteiger partial charge on any atom is 0.305 e. The standard InChI is InChI=1S/C14H19FN2O2/c1-19-14(18)8-10-4-6-17(7-5-10)11-2-3-13(16)12(15)9-11/h2-3,9-10H,4-8,16H2,1H3. The first-order valence-electron chi connectivity index (χ1n) is 6.47. The molecule has 1 aromatic carbocycles. The van der Waals surface area contributed by atoms with Gasteiger partial charge in [-0.25, -0.2) is 4.39 Å². The fraction of sp³-hybridized carbons (Fsp3) is 0.500. The lowest BCUT2D eigenvalue weighted by Crippen LogP contribution is -2.34. The molecule has 1 saturated heterocycles. The van der Waals surface area contributed by atoms with Crippen molar-refractivity contribution in [1.29, 1.82) is 0 Å². The number of hydrogen-bond donors (Lipinski definition) is 1. The predicted molar refractivity (Wildman–Crippen MR) is 72.4 cm³/mol. The maximum atomic E-state index is 13.4. The Morgan fingerprint density at radius 1 is 1.47 bits per heavy atom. The van der Waals surface area contributed by atoms with E-state index in [0.717, 1.165) is 31.6 Å². The molecule has 2 rings (SSSR count). The van der Waals surface area contributed by atoms with E-state index in [0.29, 0.717) is 12.3 Å². The molecule has 0 aliphatic carbocycles. The number of carbonyl (C=O) groups is 1. The monoisotopic (exact) mass is 266 g/mol. The van der Waals surface area contributed by atoms with Crippen LogP contribution < -0.4 is 10.6 Å². The largest absolute Gasteiger partial charge is 0.469 e. The van der Waals surface area contributed by atoms with E-state index in [2.05, 4.69) is 9.64 Å². The van der Waals surface area contributed by atoms with Gasteiger partial charge in [0.25, 0.3) is 0 Å². The van der Waals surface area contributed by atoms with Crippen molar-refractivity contribution in [2.45, 2.75) is 19.3 Å². The summed E-state index contributed by atoms with van der Waals surface area (Å²) in [5.41, 5.74) is 6.49. The van der Waals surface area contributed by atoms with Crippen LogP contribution in [0.25, 0.3) is 0 Å². The minimum absolute atomic E-state index is 0.156. The number of halogens is 1. The predicted octanol–water partition coefficient (Wildman–Crippen LogP) is 2.19. The second-order valence-corrected chi connectivity index (χ2v) is 4.92. The Balaban J connectivity index is 1.92. The van der Waals surface area contributed by atoms with Gasteiger partial charge in [0.15, 0.2) is 0 Å². The zero-order valence-corrected chi connectivity index (χ0v) is 11.1. The molecule has 0 spiro atoms. The molecule has 0 unspecified atom stereocenters. The molecule has 1 aromatic rings.